The minimum atomic E-state index is 0.638. The van der Waals surface area contributed by atoms with Crippen molar-refractivity contribution in [3.05, 3.63) is 35.8 Å². The second kappa shape index (κ2) is 6.26. The van der Waals surface area contributed by atoms with E-state index < -0.39 is 0 Å². The number of pyridine rings is 1. The van der Waals surface area contributed by atoms with Crippen LogP contribution in [-0.4, -0.2) is 20.8 Å². The molecule has 1 saturated carbocycles. The molecule has 0 aliphatic heterocycles. The number of ether oxygens (including phenoxy) is 1. The maximum atomic E-state index is 5.83. The third-order valence-corrected chi connectivity index (χ3v) is 3.45. The van der Waals surface area contributed by atoms with Crippen LogP contribution in [0.1, 0.15) is 37.4 Å². The minimum absolute atomic E-state index is 0.638. The predicted molar refractivity (Wildman–Crippen MR) is 81.4 cm³/mol. The summed E-state index contributed by atoms with van der Waals surface area (Å²) in [6.07, 6.45) is 7.30. The SMILES string of the molecule is CCCn1cc(Oc2cc(CNC3CC3)cc(C)n2)cn1. The summed E-state index contributed by atoms with van der Waals surface area (Å²) >= 11 is 0. The van der Waals surface area contributed by atoms with Gasteiger partial charge in [-0.25, -0.2) is 4.98 Å². The van der Waals surface area contributed by atoms with Crippen LogP contribution in [-0.2, 0) is 13.1 Å². The van der Waals surface area contributed by atoms with Gasteiger partial charge >= 0.3 is 0 Å². The Morgan fingerprint density at radius 3 is 3.00 bits per heavy atom. The molecule has 112 valence electrons. The second-order valence-corrected chi connectivity index (χ2v) is 5.65. The Kier molecular flexibility index (Phi) is 4.20. The van der Waals surface area contributed by atoms with Crippen molar-refractivity contribution >= 4 is 0 Å². The van der Waals surface area contributed by atoms with Crippen LogP contribution in [0.4, 0.5) is 0 Å². The Morgan fingerprint density at radius 1 is 1.38 bits per heavy atom. The van der Waals surface area contributed by atoms with Crippen molar-refractivity contribution in [2.75, 3.05) is 0 Å². The smallest absolute Gasteiger partial charge is 0.219 e. The second-order valence-electron chi connectivity index (χ2n) is 5.65. The standard InChI is InChI=1S/C16H22N4O/c1-3-6-20-11-15(10-18-20)21-16-8-13(7-12(2)19-16)9-17-14-4-5-14/h7-8,10-11,14,17H,3-6,9H2,1-2H3. The van der Waals surface area contributed by atoms with Crippen molar-refractivity contribution in [2.45, 2.75) is 52.2 Å². The van der Waals surface area contributed by atoms with E-state index in [2.05, 4.69) is 28.4 Å². The summed E-state index contributed by atoms with van der Waals surface area (Å²) in [5.41, 5.74) is 2.19. The highest BCUT2D eigenvalue weighted by Gasteiger charge is 2.20. The van der Waals surface area contributed by atoms with E-state index in [4.69, 9.17) is 4.74 Å². The van der Waals surface area contributed by atoms with E-state index in [9.17, 15) is 0 Å². The molecule has 3 rings (SSSR count). The highest BCUT2D eigenvalue weighted by molar-refractivity contribution is 5.28. The van der Waals surface area contributed by atoms with Gasteiger partial charge in [0.25, 0.3) is 0 Å². The molecule has 0 radical (unpaired) electrons. The lowest BCUT2D eigenvalue weighted by Crippen LogP contribution is -2.15. The maximum absolute atomic E-state index is 5.83. The molecular weight excluding hydrogens is 264 g/mol. The molecule has 21 heavy (non-hydrogen) atoms. The molecule has 2 aromatic rings. The lowest BCUT2D eigenvalue weighted by molar-refractivity contribution is 0.458. The number of rotatable bonds is 7. The topological polar surface area (TPSA) is 52.0 Å². The van der Waals surface area contributed by atoms with Gasteiger partial charge in [-0.1, -0.05) is 6.92 Å². The Hall–Kier alpha value is -1.88. The Balaban J connectivity index is 1.67. The molecule has 1 aliphatic carbocycles. The number of aryl methyl sites for hydroxylation is 2. The largest absolute Gasteiger partial charge is 0.436 e. The van der Waals surface area contributed by atoms with Crippen molar-refractivity contribution in [2.24, 2.45) is 0 Å². The summed E-state index contributed by atoms with van der Waals surface area (Å²) in [6, 6.07) is 4.80. The van der Waals surface area contributed by atoms with Crippen molar-refractivity contribution in [1.82, 2.24) is 20.1 Å². The van der Waals surface area contributed by atoms with E-state index in [-0.39, 0.29) is 0 Å². The first-order valence-electron chi connectivity index (χ1n) is 7.64. The summed E-state index contributed by atoms with van der Waals surface area (Å²) < 4.78 is 7.72. The number of aromatic nitrogens is 3. The molecule has 0 amide bonds. The normalized spacial score (nSPS) is 14.4. The van der Waals surface area contributed by atoms with Crippen LogP contribution < -0.4 is 10.1 Å². The van der Waals surface area contributed by atoms with Crippen molar-refractivity contribution in [1.29, 1.82) is 0 Å². The van der Waals surface area contributed by atoms with Crippen LogP contribution in [0.15, 0.2) is 24.5 Å². The van der Waals surface area contributed by atoms with E-state index in [1.54, 1.807) is 6.20 Å². The molecule has 0 aromatic carbocycles. The summed E-state index contributed by atoms with van der Waals surface area (Å²) in [6.45, 7) is 5.90. The van der Waals surface area contributed by atoms with Crippen LogP contribution in [0, 0.1) is 6.92 Å². The van der Waals surface area contributed by atoms with E-state index in [1.807, 2.05) is 23.9 Å². The molecule has 0 bridgehead atoms. The van der Waals surface area contributed by atoms with Gasteiger partial charge in [0, 0.05) is 30.9 Å². The molecule has 2 heterocycles. The zero-order valence-corrected chi connectivity index (χ0v) is 12.7. The van der Waals surface area contributed by atoms with Crippen LogP contribution in [0.2, 0.25) is 0 Å². The molecule has 0 unspecified atom stereocenters. The predicted octanol–water partition coefficient (Wildman–Crippen LogP) is 3.04. The Morgan fingerprint density at radius 2 is 2.24 bits per heavy atom. The third kappa shape index (κ3) is 4.04. The lowest BCUT2D eigenvalue weighted by atomic mass is 10.2. The van der Waals surface area contributed by atoms with Gasteiger partial charge in [0.1, 0.15) is 0 Å². The molecule has 1 N–H and O–H groups in total. The first-order valence-corrected chi connectivity index (χ1v) is 7.64. The molecule has 5 heteroatoms. The summed E-state index contributed by atoms with van der Waals surface area (Å²) in [7, 11) is 0. The van der Waals surface area contributed by atoms with Crippen molar-refractivity contribution < 1.29 is 4.74 Å². The van der Waals surface area contributed by atoms with Gasteiger partial charge in [-0.2, -0.15) is 5.10 Å². The maximum Gasteiger partial charge on any atom is 0.219 e. The molecule has 5 nitrogen and oxygen atoms in total. The number of hydrogen-bond donors (Lipinski definition) is 1. The van der Waals surface area contributed by atoms with Crippen LogP contribution in [0.25, 0.3) is 0 Å². The van der Waals surface area contributed by atoms with Gasteiger partial charge in [0.15, 0.2) is 5.75 Å². The zero-order chi connectivity index (χ0) is 14.7. The fourth-order valence-corrected chi connectivity index (χ4v) is 2.28. The van der Waals surface area contributed by atoms with Crippen LogP contribution in [0.5, 0.6) is 11.6 Å². The highest BCUT2D eigenvalue weighted by atomic mass is 16.5. The zero-order valence-electron chi connectivity index (χ0n) is 12.7. The quantitative estimate of drug-likeness (QED) is 0.850. The molecule has 0 atom stereocenters. The average molecular weight is 286 g/mol. The molecule has 0 spiro atoms. The number of hydrogen-bond acceptors (Lipinski definition) is 4. The van der Waals surface area contributed by atoms with Gasteiger partial charge in [0.05, 0.1) is 12.4 Å². The summed E-state index contributed by atoms with van der Waals surface area (Å²) in [4.78, 5) is 4.44. The van der Waals surface area contributed by atoms with E-state index in [0.29, 0.717) is 11.9 Å². The monoisotopic (exact) mass is 286 g/mol. The fourth-order valence-electron chi connectivity index (χ4n) is 2.28. The van der Waals surface area contributed by atoms with Gasteiger partial charge in [-0.15, -0.1) is 0 Å². The van der Waals surface area contributed by atoms with Crippen molar-refractivity contribution in [3.63, 3.8) is 0 Å². The minimum Gasteiger partial charge on any atom is -0.436 e. The van der Waals surface area contributed by atoms with Crippen LogP contribution in [0.3, 0.4) is 0 Å². The van der Waals surface area contributed by atoms with Gasteiger partial charge in [-0.3, -0.25) is 4.68 Å². The third-order valence-electron chi connectivity index (χ3n) is 3.45. The molecular formula is C16H22N4O. The van der Waals surface area contributed by atoms with Gasteiger partial charge < -0.3 is 10.1 Å². The summed E-state index contributed by atoms with van der Waals surface area (Å²) in [5, 5.41) is 7.78. The van der Waals surface area contributed by atoms with Gasteiger partial charge in [0.2, 0.25) is 5.88 Å². The molecule has 1 fully saturated rings. The Labute approximate surface area is 125 Å². The number of nitrogens with one attached hydrogen (secondary N) is 1. The first kappa shape index (κ1) is 14.1. The van der Waals surface area contributed by atoms with Crippen molar-refractivity contribution in [3.8, 4) is 11.6 Å². The number of nitrogens with zero attached hydrogens (tertiary/aromatic N) is 3. The average Bonchev–Trinajstić information content (AvgIpc) is 3.18. The molecule has 2 aromatic heterocycles. The van der Waals surface area contributed by atoms with Gasteiger partial charge in [-0.05, 0) is 37.8 Å². The molecule has 0 saturated heterocycles. The van der Waals surface area contributed by atoms with E-state index >= 15 is 0 Å². The lowest BCUT2D eigenvalue weighted by Gasteiger charge is -2.08. The van der Waals surface area contributed by atoms with Crippen LogP contribution >= 0.6 is 0 Å². The fraction of sp³-hybridized carbons (Fsp3) is 0.500. The highest BCUT2D eigenvalue weighted by Crippen LogP contribution is 2.22. The Bertz CT molecular complexity index is 604. The van der Waals surface area contributed by atoms with E-state index in [1.165, 1.54) is 18.4 Å². The molecule has 1 aliphatic rings. The van der Waals surface area contributed by atoms with E-state index in [0.717, 1.165) is 31.0 Å². The first-order chi connectivity index (χ1) is 10.2. The summed E-state index contributed by atoms with van der Waals surface area (Å²) in [5.74, 6) is 1.38.